The molecular formula is C18H26N2OS. The summed E-state index contributed by atoms with van der Waals surface area (Å²) in [6, 6.07) is 8.19. The Bertz CT molecular complexity index is 548. The van der Waals surface area contributed by atoms with Gasteiger partial charge in [-0.25, -0.2) is 4.98 Å². The Morgan fingerprint density at radius 2 is 1.95 bits per heavy atom. The van der Waals surface area contributed by atoms with Gasteiger partial charge >= 0.3 is 0 Å². The van der Waals surface area contributed by atoms with Crippen LogP contribution in [0.15, 0.2) is 29.6 Å². The van der Waals surface area contributed by atoms with Gasteiger partial charge in [-0.15, -0.1) is 11.3 Å². The average molecular weight is 318 g/mol. The largest absolute Gasteiger partial charge is 0.491 e. The first-order chi connectivity index (χ1) is 10.7. The van der Waals surface area contributed by atoms with Crippen LogP contribution in [0.2, 0.25) is 0 Å². The Hall–Kier alpha value is -1.39. The predicted molar refractivity (Wildman–Crippen MR) is 94.8 cm³/mol. The van der Waals surface area contributed by atoms with Gasteiger partial charge in [0.05, 0.1) is 16.8 Å². The lowest BCUT2D eigenvalue weighted by atomic mass is 10.2. The van der Waals surface area contributed by atoms with Gasteiger partial charge in [0.2, 0.25) is 0 Å². The first-order valence-corrected chi connectivity index (χ1v) is 8.99. The van der Waals surface area contributed by atoms with Gasteiger partial charge in [0.1, 0.15) is 5.75 Å². The molecule has 0 aliphatic carbocycles. The highest BCUT2D eigenvalue weighted by Crippen LogP contribution is 2.24. The molecule has 0 unspecified atom stereocenters. The molecule has 0 fully saturated rings. The van der Waals surface area contributed by atoms with E-state index in [1.807, 2.05) is 26.0 Å². The van der Waals surface area contributed by atoms with Gasteiger partial charge in [-0.05, 0) is 51.1 Å². The normalized spacial score (nSPS) is 11.1. The average Bonchev–Trinajstić information content (AvgIpc) is 2.96. The third kappa shape index (κ3) is 5.43. The van der Waals surface area contributed by atoms with Crippen molar-refractivity contribution in [1.29, 1.82) is 0 Å². The highest BCUT2D eigenvalue weighted by atomic mass is 32.1. The van der Waals surface area contributed by atoms with Crippen LogP contribution in [-0.2, 0) is 6.42 Å². The van der Waals surface area contributed by atoms with Crippen molar-refractivity contribution in [3.8, 4) is 17.0 Å². The van der Waals surface area contributed by atoms with Gasteiger partial charge in [0, 0.05) is 23.9 Å². The summed E-state index contributed by atoms with van der Waals surface area (Å²) in [5.41, 5.74) is 2.21. The van der Waals surface area contributed by atoms with E-state index < -0.39 is 0 Å². The molecule has 120 valence electrons. The molecule has 2 rings (SSSR count). The van der Waals surface area contributed by atoms with Crippen molar-refractivity contribution >= 4 is 11.3 Å². The zero-order chi connectivity index (χ0) is 15.8. The molecule has 0 aliphatic heterocycles. The highest BCUT2D eigenvalue weighted by Gasteiger charge is 2.05. The molecule has 0 radical (unpaired) electrons. The summed E-state index contributed by atoms with van der Waals surface area (Å²) in [7, 11) is 0. The third-order valence-electron chi connectivity index (χ3n) is 3.30. The number of unbranched alkanes of at least 4 members (excludes halogenated alkanes) is 1. The van der Waals surface area contributed by atoms with Crippen molar-refractivity contribution in [1.82, 2.24) is 10.3 Å². The van der Waals surface area contributed by atoms with Crippen LogP contribution >= 0.6 is 11.3 Å². The van der Waals surface area contributed by atoms with Crippen LogP contribution in [-0.4, -0.2) is 24.2 Å². The second kappa shape index (κ2) is 8.91. The molecule has 0 amide bonds. The molecule has 1 aromatic heterocycles. The number of nitrogens with zero attached hydrogens (tertiary/aromatic N) is 1. The second-order valence-electron chi connectivity index (χ2n) is 5.67. The molecule has 2 aromatic rings. The van der Waals surface area contributed by atoms with Gasteiger partial charge in [-0.3, -0.25) is 0 Å². The van der Waals surface area contributed by atoms with E-state index in [-0.39, 0.29) is 6.10 Å². The number of rotatable bonds is 9. The molecule has 0 saturated heterocycles. The Balaban J connectivity index is 1.87. The molecule has 4 heteroatoms. The molecule has 0 spiro atoms. The van der Waals surface area contributed by atoms with E-state index in [4.69, 9.17) is 9.72 Å². The first kappa shape index (κ1) is 17.0. The Labute approximate surface area is 137 Å². The van der Waals surface area contributed by atoms with Crippen LogP contribution in [0.4, 0.5) is 0 Å². The minimum absolute atomic E-state index is 0.205. The highest BCUT2D eigenvalue weighted by molar-refractivity contribution is 7.09. The molecule has 0 aliphatic rings. The van der Waals surface area contributed by atoms with Crippen molar-refractivity contribution in [2.75, 3.05) is 13.1 Å². The van der Waals surface area contributed by atoms with Gasteiger partial charge in [-0.1, -0.05) is 13.3 Å². The molecule has 1 aromatic carbocycles. The number of hydrogen-bond acceptors (Lipinski definition) is 4. The molecule has 0 bridgehead atoms. The lowest BCUT2D eigenvalue weighted by Crippen LogP contribution is -2.18. The summed E-state index contributed by atoms with van der Waals surface area (Å²) in [6.45, 7) is 8.40. The van der Waals surface area contributed by atoms with Crippen molar-refractivity contribution in [2.24, 2.45) is 0 Å². The van der Waals surface area contributed by atoms with Crippen molar-refractivity contribution < 1.29 is 4.74 Å². The van der Waals surface area contributed by atoms with Crippen molar-refractivity contribution in [3.63, 3.8) is 0 Å². The van der Waals surface area contributed by atoms with Crippen molar-refractivity contribution in [2.45, 2.75) is 46.1 Å². The van der Waals surface area contributed by atoms with Gasteiger partial charge < -0.3 is 10.1 Å². The molecule has 22 heavy (non-hydrogen) atoms. The molecule has 1 heterocycles. The summed E-state index contributed by atoms with van der Waals surface area (Å²) in [5.74, 6) is 0.911. The second-order valence-corrected chi connectivity index (χ2v) is 6.61. The maximum absolute atomic E-state index is 5.67. The molecular weight excluding hydrogens is 292 g/mol. The van der Waals surface area contributed by atoms with Gasteiger partial charge in [0.25, 0.3) is 0 Å². The SMILES string of the molecule is CCCCNCCc1nc(-c2ccc(OC(C)C)cc2)cs1. The van der Waals surface area contributed by atoms with Crippen molar-refractivity contribution in [3.05, 3.63) is 34.7 Å². The lowest BCUT2D eigenvalue weighted by Gasteiger charge is -2.09. The van der Waals surface area contributed by atoms with E-state index in [9.17, 15) is 0 Å². The Kier molecular flexibility index (Phi) is 6.87. The fraction of sp³-hybridized carbons (Fsp3) is 0.500. The fourth-order valence-electron chi connectivity index (χ4n) is 2.16. The monoisotopic (exact) mass is 318 g/mol. The van der Waals surface area contributed by atoms with Crippen LogP contribution < -0.4 is 10.1 Å². The maximum Gasteiger partial charge on any atom is 0.119 e. The summed E-state index contributed by atoms with van der Waals surface area (Å²) in [5, 5.41) is 6.79. The summed E-state index contributed by atoms with van der Waals surface area (Å²) in [6.07, 6.45) is 3.69. The van der Waals surface area contributed by atoms with E-state index >= 15 is 0 Å². The first-order valence-electron chi connectivity index (χ1n) is 8.11. The van der Waals surface area contributed by atoms with Crippen LogP contribution in [0.1, 0.15) is 38.6 Å². The number of aromatic nitrogens is 1. The van der Waals surface area contributed by atoms with Crippen LogP contribution in [0, 0.1) is 0 Å². The number of hydrogen-bond donors (Lipinski definition) is 1. The maximum atomic E-state index is 5.67. The predicted octanol–water partition coefficient (Wildman–Crippen LogP) is 4.53. The van der Waals surface area contributed by atoms with Gasteiger partial charge in [0.15, 0.2) is 0 Å². The quantitative estimate of drug-likeness (QED) is 0.690. The lowest BCUT2D eigenvalue weighted by molar-refractivity contribution is 0.242. The van der Waals surface area contributed by atoms with E-state index in [1.165, 1.54) is 17.8 Å². The van der Waals surface area contributed by atoms with E-state index in [2.05, 4.69) is 29.8 Å². The van der Waals surface area contributed by atoms with E-state index in [0.29, 0.717) is 0 Å². The topological polar surface area (TPSA) is 34.2 Å². The third-order valence-corrected chi connectivity index (χ3v) is 4.20. The molecule has 3 nitrogen and oxygen atoms in total. The summed E-state index contributed by atoms with van der Waals surface area (Å²) < 4.78 is 5.67. The number of nitrogens with one attached hydrogen (secondary N) is 1. The Morgan fingerprint density at radius 3 is 2.64 bits per heavy atom. The van der Waals surface area contributed by atoms with Crippen LogP contribution in [0.5, 0.6) is 5.75 Å². The van der Waals surface area contributed by atoms with Crippen LogP contribution in [0.25, 0.3) is 11.3 Å². The molecule has 0 atom stereocenters. The number of thiazole rings is 1. The van der Waals surface area contributed by atoms with E-state index in [0.717, 1.165) is 36.5 Å². The Morgan fingerprint density at radius 1 is 1.18 bits per heavy atom. The summed E-state index contributed by atoms with van der Waals surface area (Å²) in [4.78, 5) is 4.73. The molecule has 0 saturated carbocycles. The fourth-order valence-corrected chi connectivity index (χ4v) is 2.96. The zero-order valence-electron chi connectivity index (χ0n) is 13.8. The minimum Gasteiger partial charge on any atom is -0.491 e. The van der Waals surface area contributed by atoms with Crippen LogP contribution in [0.3, 0.4) is 0 Å². The molecule has 1 N–H and O–H groups in total. The van der Waals surface area contributed by atoms with E-state index in [1.54, 1.807) is 11.3 Å². The van der Waals surface area contributed by atoms with Gasteiger partial charge in [-0.2, -0.15) is 0 Å². The smallest absolute Gasteiger partial charge is 0.119 e. The number of ether oxygens (including phenoxy) is 1. The standard InChI is InChI=1S/C18H26N2OS/c1-4-5-11-19-12-10-18-20-17(13-22-18)15-6-8-16(9-7-15)21-14(2)3/h6-9,13-14,19H,4-5,10-12H2,1-3H3. The summed E-state index contributed by atoms with van der Waals surface area (Å²) >= 11 is 1.74. The minimum atomic E-state index is 0.205. The number of benzene rings is 1. The zero-order valence-corrected chi connectivity index (χ0v) is 14.6.